The van der Waals surface area contributed by atoms with Crippen LogP contribution in [0.3, 0.4) is 0 Å². The molecule has 0 radical (unpaired) electrons. The van der Waals surface area contributed by atoms with E-state index >= 15 is 0 Å². The lowest BCUT2D eigenvalue weighted by molar-refractivity contribution is -0.202. The topological polar surface area (TPSA) is 261 Å². The van der Waals surface area contributed by atoms with Gasteiger partial charge in [0.25, 0.3) is 11.1 Å². The molecule has 5 fully saturated rings. The van der Waals surface area contributed by atoms with Gasteiger partial charge >= 0.3 is 5.84 Å². The van der Waals surface area contributed by atoms with E-state index < -0.39 is 29.2 Å². The number of dihydropyridines is 1. The van der Waals surface area contributed by atoms with Crippen LogP contribution in [0, 0.1) is 58.8 Å². The van der Waals surface area contributed by atoms with Crippen LogP contribution in [0.15, 0.2) is 82.4 Å². The number of aliphatic hydroxyl groups is 2. The number of thioether (sulfide) groups is 1. The van der Waals surface area contributed by atoms with Gasteiger partial charge < -0.3 is 44.2 Å². The zero-order chi connectivity index (χ0) is 76.0. The molecule has 105 heavy (non-hydrogen) atoms. The van der Waals surface area contributed by atoms with Gasteiger partial charge in [-0.25, -0.2) is 4.99 Å². The summed E-state index contributed by atoms with van der Waals surface area (Å²) in [6.45, 7) is 21.7. The molecule has 12 atom stereocenters. The normalized spacial score (nSPS) is 25.7. The Balaban J connectivity index is 0.000000215. The summed E-state index contributed by atoms with van der Waals surface area (Å²) in [5.74, 6) is 1.95. The van der Waals surface area contributed by atoms with Crippen molar-refractivity contribution in [3.8, 4) is 17.2 Å². The number of fused-ring (bicyclic) bond motifs is 5. The summed E-state index contributed by atoms with van der Waals surface area (Å²) in [6, 6.07) is 17.0. The number of carbonyl (C=O) groups is 8. The fourth-order valence-corrected chi connectivity index (χ4v) is 18.8. The van der Waals surface area contributed by atoms with E-state index in [1.807, 2.05) is 26.0 Å². The van der Waals surface area contributed by atoms with Crippen LogP contribution in [0.4, 0.5) is 10.5 Å². The molecular weight excluding hydrogens is 1390 g/mol. The van der Waals surface area contributed by atoms with Crippen LogP contribution in [0.1, 0.15) is 244 Å². The van der Waals surface area contributed by atoms with E-state index in [9.17, 15) is 48.6 Å². The first kappa shape index (κ1) is 83.9. The Morgan fingerprint density at radius 1 is 0.790 bits per heavy atom. The highest BCUT2D eigenvalue weighted by molar-refractivity contribution is 8.15. The number of Topliss-reactive ketones (excluding diaryl/α,β-unsaturated/α-hetero) is 4. The third kappa shape index (κ3) is 22.9. The number of halogens is 2. The molecule has 22 heteroatoms. The number of nitrogens with one attached hydrogen (secondary N) is 2. The number of unbranched alkanes of at least 4 members (excludes halogenated alkanes) is 16. The zero-order valence-electron chi connectivity index (χ0n) is 63.0. The lowest BCUT2D eigenvalue weighted by atomic mass is 9.43. The number of carbonyl (C=O) groups excluding carboxylic acids is 8. The van der Waals surface area contributed by atoms with E-state index in [1.54, 1.807) is 56.5 Å². The van der Waals surface area contributed by atoms with Crippen molar-refractivity contribution in [2.24, 2.45) is 62.3 Å². The minimum absolute atomic E-state index is 0.00671. The van der Waals surface area contributed by atoms with Gasteiger partial charge in [0, 0.05) is 36.1 Å². The summed E-state index contributed by atoms with van der Waals surface area (Å²) in [6.07, 6.45) is 32.9. The molecule has 4 aliphatic carbocycles. The number of ketones is 4. The molecule has 3 heterocycles. The van der Waals surface area contributed by atoms with Gasteiger partial charge in [-0.2, -0.15) is 0 Å². The molecular formula is C83H112Cl2N6O13S. The monoisotopic (exact) mass is 1500 g/mol. The van der Waals surface area contributed by atoms with E-state index in [-0.39, 0.29) is 116 Å². The highest BCUT2D eigenvalue weighted by Gasteiger charge is 2.66. The summed E-state index contributed by atoms with van der Waals surface area (Å²) in [5, 5.41) is 33.4. The maximum Gasteiger partial charge on any atom is 0.337 e. The highest BCUT2D eigenvalue weighted by Crippen LogP contribution is 2.68. The molecule has 0 bridgehead atoms. The minimum atomic E-state index is -0.643. The van der Waals surface area contributed by atoms with Crippen LogP contribution >= 0.6 is 35.0 Å². The quantitative estimate of drug-likeness (QED) is 0.0191. The first-order valence-corrected chi connectivity index (χ1v) is 40.2. The molecule has 4 amide bonds. The zero-order valence-corrected chi connectivity index (χ0v) is 65.3. The molecule has 4 N–H and O–H groups in total. The van der Waals surface area contributed by atoms with E-state index in [1.165, 1.54) is 108 Å². The number of hydrogen-bond donors (Lipinski definition) is 4. The van der Waals surface area contributed by atoms with Crippen molar-refractivity contribution in [2.75, 3.05) is 25.3 Å². The van der Waals surface area contributed by atoms with Gasteiger partial charge in [0.15, 0.2) is 29.7 Å². The number of imide groups is 1. The highest BCUT2D eigenvalue weighted by atomic mass is 35.5. The number of nitrogens with zero attached hydrogens (tertiary/aromatic N) is 4. The molecule has 1 unspecified atom stereocenters. The number of hydrogen-bond acceptors (Lipinski definition) is 16. The van der Waals surface area contributed by atoms with Gasteiger partial charge in [-0.15, -0.1) is 5.01 Å². The van der Waals surface area contributed by atoms with Gasteiger partial charge in [-0.3, -0.25) is 34.1 Å². The SMILES string of the molecule is CCCCCCCCCCCCCCCCCCCC(=O)N[C@H]1CC[C@@]2(C)[C@H](C1)C[C@@H](O)[C@@H]1[C@@H]2C[C@H](O)[C@]2(C)[C@@H]([C@H](C)CCC(C)=O)CC[C@@H]12.COc1cccc(C(=O)COc2ccc(CC3SC(=O)NC3=O)cc2)c1.[C-]#[N+]C1=NN(c2cc(Cl)c(OC3=NCC(=O)C(C(C)C)=C3)c(Cl)c2)C(=O)CC1=O. The molecule has 7 aliphatic rings. The first-order chi connectivity index (χ1) is 50.3. The van der Waals surface area contributed by atoms with Crippen molar-refractivity contribution < 1.29 is 62.8 Å². The molecule has 572 valence electrons. The fourth-order valence-electron chi connectivity index (χ4n) is 17.4. The van der Waals surface area contributed by atoms with Crippen LogP contribution in [-0.4, -0.2) is 112 Å². The number of anilines is 1. The van der Waals surface area contributed by atoms with Gasteiger partial charge in [-0.05, 0) is 170 Å². The lowest BCUT2D eigenvalue weighted by Gasteiger charge is -2.63. The van der Waals surface area contributed by atoms with Crippen molar-refractivity contribution in [3.05, 3.63) is 105 Å². The van der Waals surface area contributed by atoms with Gasteiger partial charge in [0.2, 0.25) is 17.7 Å². The number of rotatable bonds is 33. The maximum absolute atomic E-state index is 13.0. The number of ether oxygens (including phenoxy) is 3. The molecule has 4 saturated carbocycles. The smallest absolute Gasteiger partial charge is 0.337 e. The predicted molar refractivity (Wildman–Crippen MR) is 414 cm³/mol. The van der Waals surface area contributed by atoms with Crippen molar-refractivity contribution >= 4 is 98.5 Å². The third-order valence-corrected chi connectivity index (χ3v) is 24.9. The predicted octanol–water partition coefficient (Wildman–Crippen LogP) is 17.4. The Morgan fingerprint density at radius 2 is 1.43 bits per heavy atom. The average Bonchev–Trinajstić information content (AvgIpc) is 1.66. The van der Waals surface area contributed by atoms with Crippen LogP contribution < -0.4 is 29.9 Å². The summed E-state index contributed by atoms with van der Waals surface area (Å²) < 4.78 is 16.3. The van der Waals surface area contributed by atoms with E-state index in [0.717, 1.165) is 86.5 Å². The van der Waals surface area contributed by atoms with Crippen LogP contribution in [0.25, 0.3) is 4.85 Å². The van der Waals surface area contributed by atoms with E-state index in [4.69, 9.17) is 44.0 Å². The molecule has 3 aliphatic heterocycles. The number of aliphatic hydroxyl groups excluding tert-OH is 2. The lowest BCUT2D eigenvalue weighted by Crippen LogP contribution is -2.63. The number of aliphatic imine (C=N–C) groups is 1. The summed E-state index contributed by atoms with van der Waals surface area (Å²) in [4.78, 5) is 102. The first-order valence-electron chi connectivity index (χ1n) is 38.6. The van der Waals surface area contributed by atoms with Crippen LogP contribution in [0.5, 0.6) is 17.2 Å². The number of amidine groups is 1. The van der Waals surface area contributed by atoms with Gasteiger partial charge in [0.1, 0.15) is 23.8 Å². The third-order valence-electron chi connectivity index (χ3n) is 23.4. The van der Waals surface area contributed by atoms with Crippen molar-refractivity contribution in [1.29, 1.82) is 0 Å². The number of hydrazone groups is 1. The van der Waals surface area contributed by atoms with Crippen molar-refractivity contribution in [2.45, 2.75) is 258 Å². The molecule has 3 aromatic rings. The molecule has 19 nitrogen and oxygen atoms in total. The molecule has 0 spiro atoms. The summed E-state index contributed by atoms with van der Waals surface area (Å²) in [5.41, 5.74) is 2.14. The summed E-state index contributed by atoms with van der Waals surface area (Å²) in [7, 11) is 1.55. The average molecular weight is 1500 g/mol. The molecule has 3 aromatic carbocycles. The van der Waals surface area contributed by atoms with E-state index in [0.29, 0.717) is 71.5 Å². The Morgan fingerprint density at radius 3 is 2.02 bits per heavy atom. The Kier molecular flexibility index (Phi) is 32.3. The molecule has 1 saturated heterocycles. The Hall–Kier alpha value is -6.76. The number of benzene rings is 3. The molecule has 0 aromatic heterocycles. The second-order valence-electron chi connectivity index (χ2n) is 30.9. The minimum Gasteiger partial charge on any atom is -0.497 e. The van der Waals surface area contributed by atoms with Crippen LogP contribution in [0.2, 0.25) is 10.0 Å². The number of amides is 4. The second-order valence-corrected chi connectivity index (χ2v) is 32.9. The van der Waals surface area contributed by atoms with Crippen LogP contribution in [-0.2, 0) is 35.2 Å². The maximum atomic E-state index is 13.0. The van der Waals surface area contributed by atoms with E-state index in [2.05, 4.69) is 53.3 Å². The second kappa shape index (κ2) is 40.4. The van der Waals surface area contributed by atoms with Crippen molar-refractivity contribution in [3.63, 3.8) is 0 Å². The largest absolute Gasteiger partial charge is 0.497 e. The Labute approximate surface area is 636 Å². The Bertz CT molecular complexity index is 3640. The standard InChI is InChI=1S/C45H81NO4.C19H14Cl2N4O4.C19H17NO5S/c1-6-7-8-9-10-11-12-13-14-15-16-17-18-19-20-21-22-23-42(50)46-36-28-29-44(4)35(30-36)31-40(48)43-38-27-26-37(33(2)24-25-34(3)47)45(38,5)41(49)32-39(43)44;1-9(2)11-6-16(23-8-15(11)27)29-18-12(20)4-10(5-13(18)21)25-17(28)7-14(26)19(22-3)24-25;1-24-15-4-2-3-13(10-15)16(21)11-25-14-7-5-12(6-8-14)9-17-18(22)20-19(23)26-17/h33,35-41,43,48-49H,6-32H2,1-5H3,(H,46,50);4-6,9H,7-8H2,1-2H3;2-8,10,17H,9,11H2,1H3,(H,20,22,23)/t33-,35-,36+,37-,38+,39+,40-,41+,43+,44+,45-;;/m1../s1. The number of methoxy groups -OCH3 is 1. The van der Waals surface area contributed by atoms with Gasteiger partial charge in [-0.1, -0.05) is 210 Å². The fraction of sp³-hybridized carbons (Fsp3) is 0.627. The van der Waals surface area contributed by atoms with Gasteiger partial charge in [0.05, 0.1) is 46.7 Å². The molecule has 10 rings (SSSR count). The summed E-state index contributed by atoms with van der Waals surface area (Å²) >= 11 is 13.6. The van der Waals surface area contributed by atoms with Crippen molar-refractivity contribution in [1.82, 2.24) is 10.6 Å².